The van der Waals surface area contributed by atoms with Gasteiger partial charge in [-0.2, -0.15) is 0 Å². The second kappa shape index (κ2) is 8.35. The molecule has 0 aliphatic rings. The van der Waals surface area contributed by atoms with Crippen LogP contribution in [0, 0.1) is 10.3 Å². The molecule has 0 amide bonds. The summed E-state index contributed by atoms with van der Waals surface area (Å²) in [6.45, 7) is 9.33. The topological polar surface area (TPSA) is 58.9 Å². The number of hydrogen-bond donors (Lipinski definition) is 0. The molecule has 0 saturated heterocycles. The molecule has 0 unspecified atom stereocenters. The molecule has 0 heterocycles. The van der Waals surface area contributed by atoms with Crippen molar-refractivity contribution in [1.82, 2.24) is 0 Å². The summed E-state index contributed by atoms with van der Waals surface area (Å²) in [5.74, 6) is 0.243. The van der Waals surface area contributed by atoms with Crippen LogP contribution in [0.25, 0.3) is 0 Å². The summed E-state index contributed by atoms with van der Waals surface area (Å²) in [5.41, 5.74) is 2.55. The fraction of sp³-hybridized carbons (Fsp3) is 0.500. The molecule has 0 atom stereocenters. The van der Waals surface area contributed by atoms with Crippen LogP contribution in [0.15, 0.2) is 34.4 Å². The Balaban J connectivity index is 0.000000441. The van der Waals surface area contributed by atoms with Crippen LogP contribution >= 0.6 is 0 Å². The van der Waals surface area contributed by atoms with Gasteiger partial charge in [-0.15, -0.1) is 4.91 Å². The lowest BCUT2D eigenvalue weighted by molar-refractivity contribution is -0.124. The van der Waals surface area contributed by atoms with Crippen LogP contribution in [0.5, 0.6) is 0 Å². The van der Waals surface area contributed by atoms with Crippen molar-refractivity contribution in [1.29, 1.82) is 0 Å². The van der Waals surface area contributed by atoms with E-state index < -0.39 is 0 Å². The van der Waals surface area contributed by atoms with Gasteiger partial charge in [-0.05, 0) is 36.7 Å². The first kappa shape index (κ1) is 18.2. The summed E-state index contributed by atoms with van der Waals surface area (Å²) < 4.78 is 0. The molecule has 4 heteroatoms. The molecule has 0 saturated carbocycles. The molecule has 0 N–H and O–H groups in total. The van der Waals surface area contributed by atoms with Crippen molar-refractivity contribution in [2.75, 3.05) is 7.05 Å². The van der Waals surface area contributed by atoms with Gasteiger partial charge in [0.1, 0.15) is 11.5 Å². The summed E-state index contributed by atoms with van der Waals surface area (Å²) in [5, 5.41) is 2.83. The van der Waals surface area contributed by atoms with Gasteiger partial charge in [-0.3, -0.25) is 9.79 Å². The second-order valence-electron chi connectivity index (χ2n) is 5.70. The van der Waals surface area contributed by atoms with E-state index in [1.807, 2.05) is 39.8 Å². The zero-order valence-corrected chi connectivity index (χ0v) is 13.2. The monoisotopic (exact) mass is 276 g/mol. The maximum Gasteiger partial charge on any atom is 0.135 e. The van der Waals surface area contributed by atoms with Crippen molar-refractivity contribution in [3.8, 4) is 0 Å². The molecule has 0 aliphatic carbocycles. The molecule has 110 valence electrons. The first-order valence-electron chi connectivity index (χ1n) is 6.56. The normalized spacial score (nSPS) is 11.4. The van der Waals surface area contributed by atoms with Gasteiger partial charge in [0.15, 0.2) is 0 Å². The second-order valence-corrected chi connectivity index (χ2v) is 5.70. The smallest absolute Gasteiger partial charge is 0.135 e. The Hall–Kier alpha value is -1.84. The van der Waals surface area contributed by atoms with Gasteiger partial charge in [-0.1, -0.05) is 32.9 Å². The number of Topliss-reactive ketones (excluding diaryl/α,β-unsaturated/α-hetero) is 1. The summed E-state index contributed by atoms with van der Waals surface area (Å²) >= 11 is 0. The van der Waals surface area contributed by atoms with E-state index in [9.17, 15) is 9.70 Å². The SMILES string of the molecule is CC(=O)C(C)(C)C.CN=C(C)Cc1ccc(N=O)cc1. The summed E-state index contributed by atoms with van der Waals surface area (Å²) in [7, 11) is 1.77. The average Bonchev–Trinajstić information content (AvgIpc) is 2.39. The van der Waals surface area contributed by atoms with Gasteiger partial charge in [0, 0.05) is 24.6 Å². The highest BCUT2D eigenvalue weighted by Gasteiger charge is 2.14. The standard InChI is InChI=1S/C10H12N2O.C6H12O/c1-8(11-2)7-9-3-5-10(12-13)6-4-9;1-5(7)6(2,3)4/h3-6H,7H2,1-2H3;1-4H3. The van der Waals surface area contributed by atoms with E-state index >= 15 is 0 Å². The number of ketones is 1. The number of nitrogens with zero attached hydrogens (tertiary/aromatic N) is 2. The third-order valence-electron chi connectivity index (χ3n) is 2.94. The van der Waals surface area contributed by atoms with Crippen LogP contribution in [0.1, 0.15) is 40.2 Å². The Kier molecular flexibility index (Phi) is 7.59. The highest BCUT2D eigenvalue weighted by molar-refractivity contribution is 5.84. The van der Waals surface area contributed by atoms with Gasteiger partial charge in [0.2, 0.25) is 0 Å². The molecular weight excluding hydrogens is 252 g/mol. The van der Waals surface area contributed by atoms with E-state index in [0.717, 1.165) is 17.7 Å². The highest BCUT2D eigenvalue weighted by atomic mass is 16.3. The van der Waals surface area contributed by atoms with E-state index in [1.54, 1.807) is 26.1 Å². The maximum atomic E-state index is 10.5. The minimum atomic E-state index is -0.139. The average molecular weight is 276 g/mol. The van der Waals surface area contributed by atoms with Crippen molar-refractivity contribution in [3.05, 3.63) is 34.7 Å². The zero-order valence-electron chi connectivity index (χ0n) is 13.2. The molecule has 0 aliphatic heterocycles. The first-order valence-corrected chi connectivity index (χ1v) is 6.56. The Bertz CT molecular complexity index is 468. The number of carbonyl (C=O) groups is 1. The van der Waals surface area contributed by atoms with Gasteiger partial charge in [0.05, 0.1) is 0 Å². The molecule has 0 aromatic heterocycles. The number of carbonyl (C=O) groups excluding carboxylic acids is 1. The molecule has 4 nitrogen and oxygen atoms in total. The number of aliphatic imine (C=N–C) groups is 1. The Morgan fingerprint density at radius 1 is 1.10 bits per heavy atom. The molecular formula is C16H24N2O2. The van der Waals surface area contributed by atoms with Gasteiger partial charge >= 0.3 is 0 Å². The predicted octanol–water partition coefficient (Wildman–Crippen LogP) is 4.34. The molecule has 1 aromatic carbocycles. The number of rotatable bonds is 3. The Morgan fingerprint density at radius 2 is 1.55 bits per heavy atom. The zero-order chi connectivity index (χ0) is 15.8. The summed E-state index contributed by atoms with van der Waals surface area (Å²) in [6.07, 6.45) is 0.829. The van der Waals surface area contributed by atoms with Crippen LogP contribution in [-0.4, -0.2) is 18.5 Å². The van der Waals surface area contributed by atoms with E-state index in [1.165, 1.54) is 0 Å². The van der Waals surface area contributed by atoms with Crippen LogP contribution in [-0.2, 0) is 11.2 Å². The van der Waals surface area contributed by atoms with E-state index in [-0.39, 0.29) is 11.2 Å². The van der Waals surface area contributed by atoms with Crippen molar-refractivity contribution in [3.63, 3.8) is 0 Å². The first-order chi connectivity index (χ1) is 9.20. The Morgan fingerprint density at radius 3 is 1.85 bits per heavy atom. The van der Waals surface area contributed by atoms with Crippen molar-refractivity contribution in [2.24, 2.45) is 15.6 Å². The number of nitroso groups, excluding NO2 is 1. The van der Waals surface area contributed by atoms with Crippen molar-refractivity contribution < 1.29 is 4.79 Å². The largest absolute Gasteiger partial charge is 0.299 e. The lowest BCUT2D eigenvalue weighted by Crippen LogP contribution is -2.15. The molecule has 0 bridgehead atoms. The third-order valence-corrected chi connectivity index (χ3v) is 2.94. The lowest BCUT2D eigenvalue weighted by Gasteiger charge is -2.11. The van der Waals surface area contributed by atoms with E-state index in [4.69, 9.17) is 0 Å². The molecule has 1 aromatic rings. The minimum Gasteiger partial charge on any atom is -0.299 e. The van der Waals surface area contributed by atoms with Crippen molar-refractivity contribution in [2.45, 2.75) is 41.0 Å². The highest BCUT2D eigenvalue weighted by Crippen LogP contribution is 2.13. The fourth-order valence-corrected chi connectivity index (χ4v) is 1.05. The van der Waals surface area contributed by atoms with Crippen LogP contribution in [0.3, 0.4) is 0 Å². The number of hydrogen-bond acceptors (Lipinski definition) is 4. The summed E-state index contributed by atoms with van der Waals surface area (Å²) in [4.78, 5) is 24.6. The van der Waals surface area contributed by atoms with Crippen molar-refractivity contribution >= 4 is 17.2 Å². The maximum absolute atomic E-state index is 10.5. The van der Waals surface area contributed by atoms with E-state index in [2.05, 4.69) is 10.2 Å². The minimum absolute atomic E-state index is 0.139. The van der Waals surface area contributed by atoms with Gasteiger partial charge in [-0.25, -0.2) is 0 Å². The van der Waals surface area contributed by atoms with E-state index in [0.29, 0.717) is 5.69 Å². The third kappa shape index (κ3) is 7.56. The van der Waals surface area contributed by atoms with Gasteiger partial charge in [0.25, 0.3) is 0 Å². The molecule has 0 radical (unpaired) electrons. The predicted molar refractivity (Wildman–Crippen MR) is 84.8 cm³/mol. The molecule has 20 heavy (non-hydrogen) atoms. The van der Waals surface area contributed by atoms with Crippen LogP contribution in [0.2, 0.25) is 0 Å². The van der Waals surface area contributed by atoms with Gasteiger partial charge < -0.3 is 0 Å². The van der Waals surface area contributed by atoms with Crippen LogP contribution in [0.4, 0.5) is 5.69 Å². The lowest BCUT2D eigenvalue weighted by atomic mass is 9.92. The molecule has 0 fully saturated rings. The Labute approximate surface area is 121 Å². The summed E-state index contributed by atoms with van der Waals surface area (Å²) in [6, 6.07) is 7.22. The quantitative estimate of drug-likeness (QED) is 0.609. The van der Waals surface area contributed by atoms with Crippen LogP contribution < -0.4 is 0 Å². The molecule has 1 rings (SSSR count). The fourth-order valence-electron chi connectivity index (χ4n) is 1.05. The number of benzene rings is 1. The molecule has 0 spiro atoms.